The molecule has 1 saturated heterocycles. The van der Waals surface area contributed by atoms with Crippen molar-refractivity contribution in [1.82, 2.24) is 15.8 Å². The van der Waals surface area contributed by atoms with E-state index in [1.165, 1.54) is 0 Å². The van der Waals surface area contributed by atoms with Crippen molar-refractivity contribution in [2.75, 3.05) is 0 Å². The third-order valence-corrected chi connectivity index (χ3v) is 4.03. The molecule has 0 bridgehead atoms. The molecule has 1 aromatic heterocycles. The topological polar surface area (TPSA) is 80.1 Å². The van der Waals surface area contributed by atoms with Gasteiger partial charge in [0.2, 0.25) is 6.04 Å². The van der Waals surface area contributed by atoms with Crippen molar-refractivity contribution < 1.29 is 4.92 Å². The van der Waals surface area contributed by atoms with Crippen LogP contribution in [0.5, 0.6) is 0 Å². The van der Waals surface area contributed by atoms with Gasteiger partial charge >= 0.3 is 0 Å². The van der Waals surface area contributed by atoms with Crippen molar-refractivity contribution in [1.29, 1.82) is 0 Å². The quantitative estimate of drug-likeness (QED) is 0.604. The summed E-state index contributed by atoms with van der Waals surface area (Å²) in [6.07, 6.45) is 3.90. The molecule has 1 aliphatic carbocycles. The number of hydrogen-bond donors (Lipinski definition) is 2. The molecule has 0 radical (unpaired) electrons. The summed E-state index contributed by atoms with van der Waals surface area (Å²) in [6, 6.07) is 5.80. The lowest BCUT2D eigenvalue weighted by Crippen LogP contribution is -2.39. The van der Waals surface area contributed by atoms with Gasteiger partial charge in [-0.1, -0.05) is 6.07 Å². The van der Waals surface area contributed by atoms with Crippen molar-refractivity contribution in [3.05, 3.63) is 40.2 Å². The number of hydrazine groups is 1. The van der Waals surface area contributed by atoms with E-state index < -0.39 is 6.04 Å². The van der Waals surface area contributed by atoms with E-state index in [0.29, 0.717) is 18.9 Å². The maximum atomic E-state index is 10.9. The van der Waals surface area contributed by atoms with E-state index in [9.17, 15) is 10.1 Å². The molecule has 0 spiro atoms. The van der Waals surface area contributed by atoms with E-state index in [1.807, 2.05) is 18.2 Å². The average Bonchev–Trinajstić information content (AvgIpc) is 2.82. The number of hydrogen-bond acceptors (Lipinski definition) is 5. The van der Waals surface area contributed by atoms with Crippen LogP contribution >= 0.6 is 0 Å². The zero-order valence-corrected chi connectivity index (χ0v) is 9.95. The lowest BCUT2D eigenvalue weighted by Gasteiger charge is -2.28. The second-order valence-corrected chi connectivity index (χ2v) is 5.04. The maximum Gasteiger partial charge on any atom is 0.213 e. The Bertz CT molecular complexity index is 439. The van der Waals surface area contributed by atoms with Crippen LogP contribution < -0.4 is 10.9 Å². The molecule has 18 heavy (non-hydrogen) atoms. The molecular weight excluding hydrogens is 232 g/mol. The van der Waals surface area contributed by atoms with E-state index in [4.69, 9.17) is 0 Å². The lowest BCUT2D eigenvalue weighted by molar-refractivity contribution is -0.528. The minimum atomic E-state index is -0.404. The van der Waals surface area contributed by atoms with E-state index in [-0.39, 0.29) is 16.9 Å². The molecule has 1 aliphatic heterocycles. The number of aromatic nitrogens is 1. The standard InChI is InChI=1S/C12H16N4O2/c17-16(18)8-4-5-10-9(7-8)12(15-14-10)11-3-1-2-6-13-11/h1-3,6,8-10,12,14-15H,4-5,7H2. The fraction of sp³-hybridized carbons (Fsp3) is 0.583. The highest BCUT2D eigenvalue weighted by Gasteiger charge is 2.44. The van der Waals surface area contributed by atoms with Gasteiger partial charge in [0.1, 0.15) is 0 Å². The highest BCUT2D eigenvalue weighted by atomic mass is 16.6. The van der Waals surface area contributed by atoms with Crippen LogP contribution in [0.1, 0.15) is 31.0 Å². The fourth-order valence-electron chi connectivity index (χ4n) is 3.08. The van der Waals surface area contributed by atoms with Crippen LogP contribution in [0, 0.1) is 16.0 Å². The van der Waals surface area contributed by atoms with E-state index >= 15 is 0 Å². The number of nitro groups is 1. The summed E-state index contributed by atoms with van der Waals surface area (Å²) >= 11 is 0. The third-order valence-electron chi connectivity index (χ3n) is 4.03. The summed E-state index contributed by atoms with van der Waals surface area (Å²) in [5.41, 5.74) is 7.45. The van der Waals surface area contributed by atoms with Crippen LogP contribution in [-0.4, -0.2) is 22.0 Å². The SMILES string of the molecule is O=[N+]([O-])C1CCC2NNC(c3ccccn3)C2C1. The first-order valence-corrected chi connectivity index (χ1v) is 6.31. The molecule has 2 fully saturated rings. The summed E-state index contributed by atoms with van der Waals surface area (Å²) < 4.78 is 0. The molecule has 0 amide bonds. The average molecular weight is 248 g/mol. The van der Waals surface area contributed by atoms with Crippen LogP contribution in [-0.2, 0) is 0 Å². The van der Waals surface area contributed by atoms with Crippen molar-refractivity contribution in [2.24, 2.45) is 5.92 Å². The zero-order chi connectivity index (χ0) is 12.5. The van der Waals surface area contributed by atoms with Gasteiger partial charge in [-0.15, -0.1) is 0 Å². The van der Waals surface area contributed by atoms with Crippen LogP contribution in [0.2, 0.25) is 0 Å². The molecule has 6 nitrogen and oxygen atoms in total. The summed E-state index contributed by atoms with van der Waals surface area (Å²) in [6.45, 7) is 0. The smallest absolute Gasteiger partial charge is 0.213 e. The molecule has 1 aromatic rings. The van der Waals surface area contributed by atoms with Crippen molar-refractivity contribution in [3.63, 3.8) is 0 Å². The highest BCUT2D eigenvalue weighted by Crippen LogP contribution is 2.37. The Balaban J connectivity index is 1.80. The highest BCUT2D eigenvalue weighted by molar-refractivity contribution is 5.13. The Hall–Kier alpha value is -1.53. The maximum absolute atomic E-state index is 10.9. The van der Waals surface area contributed by atoms with Crippen LogP contribution in [0.4, 0.5) is 0 Å². The first kappa shape index (κ1) is 11.6. The van der Waals surface area contributed by atoms with Gasteiger partial charge in [0.15, 0.2) is 0 Å². The molecule has 1 saturated carbocycles. The normalized spacial score (nSPS) is 35.1. The Kier molecular flexibility index (Phi) is 2.97. The number of nitrogens with zero attached hydrogens (tertiary/aromatic N) is 2. The van der Waals surface area contributed by atoms with E-state index in [2.05, 4.69) is 15.8 Å². The molecule has 3 rings (SSSR count). The predicted octanol–water partition coefficient (Wildman–Crippen LogP) is 1.04. The number of fused-ring (bicyclic) bond motifs is 1. The second-order valence-electron chi connectivity index (χ2n) is 5.04. The Morgan fingerprint density at radius 1 is 1.33 bits per heavy atom. The molecular formula is C12H16N4O2. The number of pyridine rings is 1. The molecule has 2 aliphatic rings. The summed E-state index contributed by atoms with van der Waals surface area (Å²) in [4.78, 5) is 15.1. The molecule has 2 N–H and O–H groups in total. The van der Waals surface area contributed by atoms with Gasteiger partial charge in [-0.2, -0.15) is 0 Å². The Labute approximate surface area is 105 Å². The summed E-state index contributed by atoms with van der Waals surface area (Å²) in [5.74, 6) is 0.254. The van der Waals surface area contributed by atoms with Gasteiger partial charge in [-0.3, -0.25) is 20.5 Å². The number of nitrogens with one attached hydrogen (secondary N) is 2. The van der Waals surface area contributed by atoms with Crippen LogP contribution in [0.3, 0.4) is 0 Å². The Morgan fingerprint density at radius 3 is 2.94 bits per heavy atom. The van der Waals surface area contributed by atoms with Crippen molar-refractivity contribution >= 4 is 0 Å². The van der Waals surface area contributed by atoms with Crippen molar-refractivity contribution in [3.8, 4) is 0 Å². The Morgan fingerprint density at radius 2 is 2.22 bits per heavy atom. The van der Waals surface area contributed by atoms with Gasteiger partial charge in [-0.25, -0.2) is 5.43 Å². The monoisotopic (exact) mass is 248 g/mol. The first-order valence-electron chi connectivity index (χ1n) is 6.31. The van der Waals surface area contributed by atoms with Gasteiger partial charge in [0.25, 0.3) is 0 Å². The molecule has 4 unspecified atom stereocenters. The van der Waals surface area contributed by atoms with Gasteiger partial charge in [0.05, 0.1) is 11.7 Å². The van der Waals surface area contributed by atoms with Gasteiger partial charge < -0.3 is 0 Å². The van der Waals surface area contributed by atoms with E-state index in [1.54, 1.807) is 6.20 Å². The third kappa shape index (κ3) is 1.97. The lowest BCUT2D eigenvalue weighted by atomic mass is 9.78. The number of rotatable bonds is 2. The zero-order valence-electron chi connectivity index (χ0n) is 9.95. The molecule has 4 atom stereocenters. The molecule has 2 heterocycles. The minimum absolute atomic E-state index is 0.0824. The predicted molar refractivity (Wildman–Crippen MR) is 65.2 cm³/mol. The molecule has 6 heteroatoms. The second kappa shape index (κ2) is 4.62. The first-order chi connectivity index (χ1) is 8.75. The van der Waals surface area contributed by atoms with Crippen LogP contribution in [0.25, 0.3) is 0 Å². The summed E-state index contributed by atoms with van der Waals surface area (Å²) in [7, 11) is 0. The van der Waals surface area contributed by atoms with E-state index in [0.717, 1.165) is 12.1 Å². The largest absolute Gasteiger partial charge is 0.264 e. The van der Waals surface area contributed by atoms with Crippen LogP contribution in [0.15, 0.2) is 24.4 Å². The fourth-order valence-corrected chi connectivity index (χ4v) is 3.08. The van der Waals surface area contributed by atoms with Gasteiger partial charge in [-0.05, 0) is 18.6 Å². The molecule has 0 aromatic carbocycles. The summed E-state index contributed by atoms with van der Waals surface area (Å²) in [5, 5.41) is 10.9. The van der Waals surface area contributed by atoms with Crippen molar-refractivity contribution in [2.45, 2.75) is 37.4 Å². The molecule has 96 valence electrons. The minimum Gasteiger partial charge on any atom is -0.264 e. The van der Waals surface area contributed by atoms with Gasteiger partial charge in [0, 0.05) is 35.9 Å².